The van der Waals surface area contributed by atoms with Crippen molar-refractivity contribution in [3.63, 3.8) is 0 Å². The van der Waals surface area contributed by atoms with E-state index in [-0.39, 0.29) is 0 Å². The number of thioether (sulfide) groups is 2. The monoisotopic (exact) mass is 221 g/mol. The van der Waals surface area contributed by atoms with Gasteiger partial charge in [-0.25, -0.2) is 0 Å². The predicted molar refractivity (Wildman–Crippen MR) is 68.1 cm³/mol. The molecule has 1 nitrogen and oxygen atoms in total. The summed E-state index contributed by atoms with van der Waals surface area (Å²) in [4.78, 5) is 0. The molecule has 80 valence electrons. The lowest BCUT2D eigenvalue weighted by molar-refractivity contribution is 0.620. The molecule has 0 amide bonds. The fourth-order valence-corrected chi connectivity index (χ4v) is 2.03. The van der Waals surface area contributed by atoms with Crippen molar-refractivity contribution < 1.29 is 0 Å². The van der Waals surface area contributed by atoms with E-state index in [2.05, 4.69) is 39.3 Å². The first kappa shape index (κ1) is 13.7. The van der Waals surface area contributed by atoms with Crippen LogP contribution in [0.4, 0.5) is 0 Å². The smallest absolute Gasteiger partial charge is 0.0130 e. The molecule has 0 radical (unpaired) electrons. The third kappa shape index (κ3) is 10.6. The minimum absolute atomic E-state index is 0.398. The minimum atomic E-state index is 0.398. The van der Waals surface area contributed by atoms with Crippen LogP contribution in [0.5, 0.6) is 0 Å². The van der Waals surface area contributed by atoms with E-state index in [1.165, 1.54) is 11.5 Å². The zero-order valence-electron chi connectivity index (χ0n) is 9.52. The molecule has 0 bridgehead atoms. The standard InChI is InChI=1S/C10H23NS2/c1-9(11-6-7-12-5)8-13-10(2,3)4/h9,11H,6-8H2,1-5H3. The first-order chi connectivity index (χ1) is 5.95. The Labute approximate surface area is 91.8 Å². The van der Waals surface area contributed by atoms with Gasteiger partial charge in [-0.1, -0.05) is 20.8 Å². The molecular formula is C10H23NS2. The molecule has 1 unspecified atom stereocenters. The van der Waals surface area contributed by atoms with Crippen LogP contribution < -0.4 is 5.32 Å². The summed E-state index contributed by atoms with van der Waals surface area (Å²) in [5.41, 5.74) is 0. The maximum atomic E-state index is 3.51. The molecule has 1 atom stereocenters. The van der Waals surface area contributed by atoms with E-state index in [4.69, 9.17) is 0 Å². The average molecular weight is 221 g/mol. The highest BCUT2D eigenvalue weighted by Gasteiger charge is 2.12. The third-order valence-corrected chi connectivity index (χ3v) is 3.71. The van der Waals surface area contributed by atoms with Gasteiger partial charge in [-0.3, -0.25) is 0 Å². The molecule has 0 fully saturated rings. The van der Waals surface area contributed by atoms with E-state index in [0.717, 1.165) is 6.54 Å². The van der Waals surface area contributed by atoms with Gasteiger partial charge in [-0.2, -0.15) is 23.5 Å². The molecule has 13 heavy (non-hydrogen) atoms. The number of hydrogen-bond donors (Lipinski definition) is 1. The average Bonchev–Trinajstić information content (AvgIpc) is 2.00. The van der Waals surface area contributed by atoms with Crippen LogP contribution in [0.3, 0.4) is 0 Å². The second kappa shape index (κ2) is 7.02. The van der Waals surface area contributed by atoms with Crippen LogP contribution in [0.1, 0.15) is 27.7 Å². The summed E-state index contributed by atoms with van der Waals surface area (Å²) >= 11 is 3.93. The quantitative estimate of drug-likeness (QED) is 0.693. The predicted octanol–water partition coefficient (Wildman–Crippen LogP) is 2.86. The maximum absolute atomic E-state index is 3.51. The number of hydrogen-bond acceptors (Lipinski definition) is 3. The summed E-state index contributed by atoms with van der Waals surface area (Å²) in [5.74, 6) is 2.42. The van der Waals surface area contributed by atoms with Gasteiger partial charge >= 0.3 is 0 Å². The van der Waals surface area contributed by atoms with Gasteiger partial charge in [0.1, 0.15) is 0 Å². The van der Waals surface area contributed by atoms with E-state index < -0.39 is 0 Å². The van der Waals surface area contributed by atoms with Crippen molar-refractivity contribution >= 4 is 23.5 Å². The summed E-state index contributed by atoms with van der Waals surface area (Å²) in [7, 11) is 0. The highest BCUT2D eigenvalue weighted by molar-refractivity contribution is 8.00. The molecule has 0 aliphatic heterocycles. The van der Waals surface area contributed by atoms with Gasteiger partial charge in [0.15, 0.2) is 0 Å². The Morgan fingerprint density at radius 3 is 2.38 bits per heavy atom. The van der Waals surface area contributed by atoms with Crippen molar-refractivity contribution in [3.05, 3.63) is 0 Å². The van der Waals surface area contributed by atoms with Crippen LogP contribution in [0.2, 0.25) is 0 Å². The van der Waals surface area contributed by atoms with Crippen LogP contribution in [0.25, 0.3) is 0 Å². The molecule has 0 aromatic carbocycles. The van der Waals surface area contributed by atoms with Crippen molar-refractivity contribution in [2.75, 3.05) is 24.3 Å². The Morgan fingerprint density at radius 2 is 1.92 bits per heavy atom. The third-order valence-electron chi connectivity index (χ3n) is 1.57. The Kier molecular flexibility index (Phi) is 7.37. The van der Waals surface area contributed by atoms with E-state index in [9.17, 15) is 0 Å². The highest BCUT2D eigenvalue weighted by Crippen LogP contribution is 2.23. The summed E-state index contributed by atoms with van der Waals surface area (Å²) in [6.07, 6.45) is 2.15. The molecule has 1 N–H and O–H groups in total. The molecule has 0 aromatic heterocycles. The number of nitrogens with one attached hydrogen (secondary N) is 1. The van der Waals surface area contributed by atoms with Gasteiger partial charge in [0.05, 0.1) is 0 Å². The normalized spacial score (nSPS) is 14.5. The Balaban J connectivity index is 3.35. The molecule has 0 aliphatic rings. The minimum Gasteiger partial charge on any atom is -0.313 e. The molecule has 0 aliphatic carbocycles. The molecule has 0 spiro atoms. The lowest BCUT2D eigenvalue weighted by atomic mass is 10.3. The Hall–Kier alpha value is 0.660. The maximum Gasteiger partial charge on any atom is 0.0130 e. The van der Waals surface area contributed by atoms with Gasteiger partial charge in [-0.05, 0) is 13.2 Å². The van der Waals surface area contributed by atoms with Crippen molar-refractivity contribution in [1.82, 2.24) is 5.32 Å². The zero-order chi connectivity index (χ0) is 10.3. The summed E-state index contributed by atoms with van der Waals surface area (Å²) in [5, 5.41) is 3.51. The molecule has 0 rings (SSSR count). The topological polar surface area (TPSA) is 12.0 Å². The molecule has 0 heterocycles. The molecule has 3 heteroatoms. The number of rotatable bonds is 6. The first-order valence-corrected chi connectivity index (χ1v) is 7.20. The van der Waals surface area contributed by atoms with Gasteiger partial charge in [-0.15, -0.1) is 0 Å². The lowest BCUT2D eigenvalue weighted by Crippen LogP contribution is -2.31. The van der Waals surface area contributed by atoms with Gasteiger partial charge in [0, 0.05) is 28.8 Å². The van der Waals surface area contributed by atoms with Crippen molar-refractivity contribution in [1.29, 1.82) is 0 Å². The highest BCUT2D eigenvalue weighted by atomic mass is 32.2. The van der Waals surface area contributed by atoms with Crippen molar-refractivity contribution in [2.24, 2.45) is 0 Å². The summed E-state index contributed by atoms with van der Waals surface area (Å²) < 4.78 is 0.398. The van der Waals surface area contributed by atoms with Gasteiger partial charge in [0.2, 0.25) is 0 Å². The van der Waals surface area contributed by atoms with Crippen LogP contribution in [-0.4, -0.2) is 35.1 Å². The SMILES string of the molecule is CSCCNC(C)CSC(C)(C)C. The van der Waals surface area contributed by atoms with E-state index >= 15 is 0 Å². The lowest BCUT2D eigenvalue weighted by Gasteiger charge is -2.21. The summed E-state index contributed by atoms with van der Waals surface area (Å²) in [6.45, 7) is 10.2. The summed E-state index contributed by atoms with van der Waals surface area (Å²) in [6, 6.07) is 0.636. The van der Waals surface area contributed by atoms with E-state index in [1.807, 2.05) is 23.5 Å². The van der Waals surface area contributed by atoms with E-state index in [1.54, 1.807) is 0 Å². The first-order valence-electron chi connectivity index (χ1n) is 4.82. The van der Waals surface area contributed by atoms with Gasteiger partial charge < -0.3 is 5.32 Å². The second-order valence-electron chi connectivity index (χ2n) is 4.27. The van der Waals surface area contributed by atoms with Crippen LogP contribution in [-0.2, 0) is 0 Å². The zero-order valence-corrected chi connectivity index (χ0v) is 11.1. The molecule has 0 saturated heterocycles. The van der Waals surface area contributed by atoms with Crippen molar-refractivity contribution in [3.8, 4) is 0 Å². The van der Waals surface area contributed by atoms with Crippen LogP contribution >= 0.6 is 23.5 Å². The van der Waals surface area contributed by atoms with Gasteiger partial charge in [0.25, 0.3) is 0 Å². The van der Waals surface area contributed by atoms with Crippen molar-refractivity contribution in [2.45, 2.75) is 38.5 Å². The van der Waals surface area contributed by atoms with E-state index in [0.29, 0.717) is 10.8 Å². The largest absolute Gasteiger partial charge is 0.313 e. The fraction of sp³-hybridized carbons (Fsp3) is 1.00. The molecule has 0 saturated carbocycles. The second-order valence-corrected chi connectivity index (χ2v) is 7.10. The molecular weight excluding hydrogens is 198 g/mol. The Bertz CT molecular complexity index is 121. The van der Waals surface area contributed by atoms with Crippen LogP contribution in [0, 0.1) is 0 Å². The fourth-order valence-electron chi connectivity index (χ4n) is 0.841. The van der Waals surface area contributed by atoms with Crippen LogP contribution in [0.15, 0.2) is 0 Å². The Morgan fingerprint density at radius 1 is 1.31 bits per heavy atom. The molecule has 0 aromatic rings.